The van der Waals surface area contributed by atoms with E-state index in [1.54, 1.807) is 24.5 Å². The zero-order chi connectivity index (χ0) is 27.5. The summed E-state index contributed by atoms with van der Waals surface area (Å²) in [6, 6.07) is 5.65. The van der Waals surface area contributed by atoms with E-state index in [4.69, 9.17) is 30.8 Å². The predicted molar refractivity (Wildman–Crippen MR) is 145 cm³/mol. The molecule has 40 heavy (non-hydrogen) atoms. The van der Waals surface area contributed by atoms with Crippen LogP contribution in [0.4, 0.5) is 10.3 Å². The number of rotatable bonds is 6. The lowest BCUT2D eigenvalue weighted by molar-refractivity contribution is 0.00706. The minimum atomic E-state index is -0.655. The highest BCUT2D eigenvalue weighted by Crippen LogP contribution is 2.40. The predicted octanol–water partition coefficient (Wildman–Crippen LogP) is 3.45. The van der Waals surface area contributed by atoms with Crippen molar-refractivity contribution in [1.29, 1.82) is 0 Å². The second-order valence-corrected chi connectivity index (χ2v) is 11.2. The van der Waals surface area contributed by atoms with Gasteiger partial charge in [0, 0.05) is 32.1 Å². The first kappa shape index (κ1) is 25.6. The molecule has 0 radical (unpaired) electrons. The first-order valence-corrected chi connectivity index (χ1v) is 13.7. The Labute approximate surface area is 234 Å². The average molecular weight is 567 g/mol. The molecule has 0 amide bonds. The molecule has 3 aromatic heterocycles. The number of aryl methyl sites for hydroxylation is 1. The molecular formula is C28H28ClFN6O4. The van der Waals surface area contributed by atoms with E-state index in [9.17, 15) is 5.11 Å². The molecule has 7 rings (SSSR count). The summed E-state index contributed by atoms with van der Waals surface area (Å²) in [5, 5.41) is 10.4. The van der Waals surface area contributed by atoms with Crippen molar-refractivity contribution in [2.24, 2.45) is 0 Å². The normalized spacial score (nSPS) is 25.4. The molecule has 1 aromatic carbocycles. The van der Waals surface area contributed by atoms with Crippen LogP contribution in [0.3, 0.4) is 0 Å². The molecule has 0 saturated carbocycles. The molecule has 5 atom stereocenters. The van der Waals surface area contributed by atoms with Gasteiger partial charge in [-0.2, -0.15) is 4.98 Å². The van der Waals surface area contributed by atoms with E-state index in [0.717, 1.165) is 29.5 Å². The third-order valence-electron chi connectivity index (χ3n) is 7.92. The maximum absolute atomic E-state index is 15.5. The smallest absolute Gasteiger partial charge is 0.296 e. The Morgan fingerprint density at radius 3 is 2.70 bits per heavy atom. The highest BCUT2D eigenvalue weighted by molar-refractivity contribution is 6.31. The van der Waals surface area contributed by atoms with Crippen molar-refractivity contribution < 1.29 is 23.7 Å². The number of hydrogen-bond acceptors (Lipinski definition) is 9. The fourth-order valence-electron chi connectivity index (χ4n) is 5.94. The van der Waals surface area contributed by atoms with Gasteiger partial charge in [0.05, 0.1) is 29.4 Å². The Kier molecular flexibility index (Phi) is 6.34. The number of aromatic nitrogens is 5. The molecule has 1 aliphatic carbocycles. The second kappa shape index (κ2) is 9.91. The number of benzene rings is 1. The number of aliphatic hydroxyl groups is 1. The summed E-state index contributed by atoms with van der Waals surface area (Å²) in [4.78, 5) is 22.8. The maximum atomic E-state index is 15.5. The van der Waals surface area contributed by atoms with E-state index in [1.165, 1.54) is 0 Å². The van der Waals surface area contributed by atoms with Gasteiger partial charge in [0.1, 0.15) is 24.1 Å². The molecule has 5 heterocycles. The number of aliphatic hydroxyl groups excluding tert-OH is 1. The van der Waals surface area contributed by atoms with Crippen LogP contribution in [-0.4, -0.2) is 81.8 Å². The zero-order valence-electron chi connectivity index (χ0n) is 22.0. The largest absolute Gasteiger partial charge is 0.456 e. The number of nitrogens with zero attached hydrogens (tertiary/aromatic N) is 5. The summed E-state index contributed by atoms with van der Waals surface area (Å²) < 4.78 is 32.7. The van der Waals surface area contributed by atoms with Crippen LogP contribution in [0.25, 0.3) is 22.3 Å². The first-order valence-electron chi connectivity index (χ1n) is 13.3. The van der Waals surface area contributed by atoms with Gasteiger partial charge < -0.3 is 29.2 Å². The highest BCUT2D eigenvalue weighted by Gasteiger charge is 2.48. The van der Waals surface area contributed by atoms with Crippen LogP contribution in [0.1, 0.15) is 29.2 Å². The van der Waals surface area contributed by atoms with E-state index in [-0.39, 0.29) is 30.5 Å². The van der Waals surface area contributed by atoms with Crippen LogP contribution in [0.15, 0.2) is 30.6 Å². The van der Waals surface area contributed by atoms with Crippen LogP contribution in [0.2, 0.25) is 5.02 Å². The number of aromatic amines is 1. The average Bonchev–Trinajstić information content (AvgIpc) is 3.71. The number of halogens is 2. The van der Waals surface area contributed by atoms with Gasteiger partial charge in [0.2, 0.25) is 5.95 Å². The van der Waals surface area contributed by atoms with Gasteiger partial charge in [0.25, 0.3) is 6.01 Å². The summed E-state index contributed by atoms with van der Waals surface area (Å²) >= 11 is 6.63. The van der Waals surface area contributed by atoms with Gasteiger partial charge in [-0.25, -0.2) is 19.3 Å². The van der Waals surface area contributed by atoms with Crippen molar-refractivity contribution in [2.75, 3.05) is 32.2 Å². The van der Waals surface area contributed by atoms with E-state index in [0.29, 0.717) is 46.4 Å². The van der Waals surface area contributed by atoms with Crippen LogP contribution < -0.4 is 9.64 Å². The van der Waals surface area contributed by atoms with E-state index >= 15 is 4.39 Å². The minimum Gasteiger partial charge on any atom is -0.456 e. The summed E-state index contributed by atoms with van der Waals surface area (Å²) in [5.74, 6) is 0.314. The molecule has 12 heteroatoms. The standard InChI is InChI=1S/C28H28ClFN6O4/c1-36(2)27-31-9-16(10-32-27)15-5-13-3-4-14(23(13)18(30)6-15)7-19-17(29)8-20-26(33-19)35-28(34-20)40-22-12-39-24-21(37)11-38-25(22)24/h5-6,8-10,14,21-22,24-25,37H,3-4,7,11-12H2,1-2H3,(H,33,34,35)/t14-,21-,22-,24-,25-/m1/s1. The van der Waals surface area contributed by atoms with Crippen molar-refractivity contribution >= 4 is 28.7 Å². The number of H-pyrrole nitrogens is 1. The summed E-state index contributed by atoms with van der Waals surface area (Å²) in [7, 11) is 3.75. The Bertz CT molecular complexity index is 1580. The van der Waals surface area contributed by atoms with E-state index in [2.05, 4.69) is 19.9 Å². The molecule has 2 N–H and O–H groups in total. The van der Waals surface area contributed by atoms with E-state index in [1.807, 2.05) is 25.1 Å². The van der Waals surface area contributed by atoms with Crippen molar-refractivity contribution in [2.45, 2.75) is 49.6 Å². The highest BCUT2D eigenvalue weighted by atomic mass is 35.5. The van der Waals surface area contributed by atoms with Gasteiger partial charge in [-0.15, -0.1) is 0 Å². The zero-order valence-corrected chi connectivity index (χ0v) is 22.7. The number of ether oxygens (including phenoxy) is 3. The number of anilines is 1. The molecule has 10 nitrogen and oxygen atoms in total. The molecule has 3 aliphatic rings. The maximum Gasteiger partial charge on any atom is 0.296 e. The Morgan fingerprint density at radius 2 is 1.90 bits per heavy atom. The molecule has 0 bridgehead atoms. The summed E-state index contributed by atoms with van der Waals surface area (Å²) in [5.41, 5.74) is 5.00. The molecule has 2 aliphatic heterocycles. The van der Waals surface area contributed by atoms with Crippen molar-refractivity contribution in [3.63, 3.8) is 0 Å². The lowest BCUT2D eigenvalue weighted by Crippen LogP contribution is -2.34. The third kappa shape index (κ3) is 4.46. The Hall–Kier alpha value is -3.38. The fourth-order valence-corrected chi connectivity index (χ4v) is 6.17. The van der Waals surface area contributed by atoms with Crippen molar-refractivity contribution in [3.8, 4) is 17.1 Å². The lowest BCUT2D eigenvalue weighted by Gasteiger charge is -2.15. The molecule has 208 valence electrons. The fraction of sp³-hybridized carbons (Fsp3) is 0.429. The molecular weight excluding hydrogens is 539 g/mol. The summed E-state index contributed by atoms with van der Waals surface area (Å²) in [6.07, 6.45) is 3.72. The van der Waals surface area contributed by atoms with Gasteiger partial charge in [0.15, 0.2) is 11.8 Å². The van der Waals surface area contributed by atoms with Gasteiger partial charge in [-0.3, -0.25) is 0 Å². The summed E-state index contributed by atoms with van der Waals surface area (Å²) in [6.45, 7) is 0.520. The van der Waals surface area contributed by atoms with Crippen molar-refractivity contribution in [3.05, 3.63) is 58.3 Å². The number of nitrogens with one attached hydrogen (secondary N) is 1. The SMILES string of the molecule is CN(C)c1ncc(-c2cc(F)c3c(c2)CC[C@@H]3Cc2nc3nc(O[C@@H]4CO[C@H]5[C@@H]4OC[C@H]5O)[nH]c3cc2Cl)cn1. The quantitative estimate of drug-likeness (QED) is 0.362. The van der Waals surface area contributed by atoms with Crippen LogP contribution in [-0.2, 0) is 22.3 Å². The van der Waals surface area contributed by atoms with E-state index < -0.39 is 18.3 Å². The first-order chi connectivity index (χ1) is 19.3. The molecule has 0 unspecified atom stereocenters. The monoisotopic (exact) mass is 566 g/mol. The van der Waals surface area contributed by atoms with Crippen LogP contribution in [0, 0.1) is 5.82 Å². The lowest BCUT2D eigenvalue weighted by atomic mass is 9.93. The number of fused-ring (bicyclic) bond motifs is 3. The van der Waals surface area contributed by atoms with Gasteiger partial charge in [-0.1, -0.05) is 17.7 Å². The Morgan fingerprint density at radius 1 is 1.10 bits per heavy atom. The Balaban J connectivity index is 1.10. The third-order valence-corrected chi connectivity index (χ3v) is 8.25. The molecule has 2 saturated heterocycles. The molecule has 2 fully saturated rings. The molecule has 4 aromatic rings. The van der Waals surface area contributed by atoms with Crippen molar-refractivity contribution in [1.82, 2.24) is 24.9 Å². The van der Waals surface area contributed by atoms with Crippen LogP contribution in [0.5, 0.6) is 6.01 Å². The number of imidazole rings is 1. The number of pyridine rings is 1. The van der Waals surface area contributed by atoms with Gasteiger partial charge >= 0.3 is 0 Å². The number of hydrogen-bond donors (Lipinski definition) is 2. The van der Waals surface area contributed by atoms with Gasteiger partial charge in [-0.05, 0) is 54.0 Å². The van der Waals surface area contributed by atoms with Crippen LogP contribution >= 0.6 is 11.6 Å². The second-order valence-electron chi connectivity index (χ2n) is 10.8. The molecule has 0 spiro atoms. The topological polar surface area (TPSA) is 119 Å². The minimum absolute atomic E-state index is 0.0490.